The Hall–Kier alpha value is -3.42. The number of nitriles is 1. The topological polar surface area (TPSA) is 109 Å². The van der Waals surface area contributed by atoms with Gasteiger partial charge >= 0.3 is 0 Å². The third kappa shape index (κ3) is 6.48. The second kappa shape index (κ2) is 11.3. The van der Waals surface area contributed by atoms with Gasteiger partial charge in [0.25, 0.3) is 0 Å². The summed E-state index contributed by atoms with van der Waals surface area (Å²) in [5.74, 6) is 0.720. The normalized spacial score (nSPS) is 14.1. The molecule has 1 saturated heterocycles. The standard InChI is InChI=1S/C27H26ClN3O5S/c1-18-3-4-20(14-26(18)36-23-13-21(17-29)12-22(28)16-23)15-27(32)30-25-6-5-24(11-19(25)2)37(33,34)31-7-9-35-10-8-31/h3-6,11-14,16H,7-10,15H2,1-2H3,(H,30,32). The minimum Gasteiger partial charge on any atom is -0.457 e. The summed E-state index contributed by atoms with van der Waals surface area (Å²) in [5, 5.41) is 12.4. The number of carbonyl (C=O) groups is 1. The number of ether oxygens (including phenoxy) is 2. The minimum absolute atomic E-state index is 0.0862. The average molecular weight is 540 g/mol. The summed E-state index contributed by atoms with van der Waals surface area (Å²) in [4.78, 5) is 13.0. The monoisotopic (exact) mass is 539 g/mol. The fourth-order valence-electron chi connectivity index (χ4n) is 3.93. The van der Waals surface area contributed by atoms with E-state index in [1.54, 1.807) is 43.3 Å². The van der Waals surface area contributed by atoms with Crippen molar-refractivity contribution < 1.29 is 22.7 Å². The molecule has 0 atom stereocenters. The largest absolute Gasteiger partial charge is 0.457 e. The lowest BCUT2D eigenvalue weighted by molar-refractivity contribution is -0.115. The van der Waals surface area contributed by atoms with Crippen LogP contribution in [0.4, 0.5) is 5.69 Å². The van der Waals surface area contributed by atoms with E-state index in [0.717, 1.165) is 11.1 Å². The number of carbonyl (C=O) groups excluding carboxylic acids is 1. The fourth-order valence-corrected chi connectivity index (χ4v) is 5.65. The number of benzene rings is 3. The highest BCUT2D eigenvalue weighted by Gasteiger charge is 2.26. The summed E-state index contributed by atoms with van der Waals surface area (Å²) < 4.78 is 38.4. The Morgan fingerprint density at radius 3 is 2.54 bits per heavy atom. The van der Waals surface area contributed by atoms with Crippen LogP contribution in [-0.2, 0) is 26.0 Å². The van der Waals surface area contributed by atoms with Crippen LogP contribution in [0.2, 0.25) is 5.02 Å². The number of aryl methyl sites for hydroxylation is 2. The van der Waals surface area contributed by atoms with Crippen molar-refractivity contribution in [2.75, 3.05) is 31.6 Å². The molecular weight excluding hydrogens is 514 g/mol. The Balaban J connectivity index is 1.45. The first-order valence-electron chi connectivity index (χ1n) is 11.6. The Labute approximate surface area is 221 Å². The summed E-state index contributed by atoms with van der Waals surface area (Å²) in [6.45, 7) is 5.02. The fraction of sp³-hybridized carbons (Fsp3) is 0.259. The predicted molar refractivity (Wildman–Crippen MR) is 141 cm³/mol. The minimum atomic E-state index is -3.62. The molecular formula is C27H26ClN3O5S. The highest BCUT2D eigenvalue weighted by molar-refractivity contribution is 7.89. The van der Waals surface area contributed by atoms with Gasteiger partial charge in [-0.05, 0) is 73.0 Å². The predicted octanol–water partition coefficient (Wildman–Crippen LogP) is 4.82. The van der Waals surface area contributed by atoms with Gasteiger partial charge in [0.1, 0.15) is 11.5 Å². The summed E-state index contributed by atoms with van der Waals surface area (Å²) in [7, 11) is -3.62. The number of halogens is 1. The van der Waals surface area contributed by atoms with E-state index in [2.05, 4.69) is 5.32 Å². The van der Waals surface area contributed by atoms with E-state index in [0.29, 0.717) is 59.6 Å². The van der Waals surface area contributed by atoms with Crippen LogP contribution < -0.4 is 10.1 Å². The van der Waals surface area contributed by atoms with Crippen molar-refractivity contribution in [3.8, 4) is 17.6 Å². The number of morpholine rings is 1. The lowest BCUT2D eigenvalue weighted by Crippen LogP contribution is -2.40. The molecule has 1 amide bonds. The van der Waals surface area contributed by atoms with Gasteiger partial charge in [0, 0.05) is 23.8 Å². The van der Waals surface area contributed by atoms with Crippen molar-refractivity contribution in [3.05, 3.63) is 81.9 Å². The van der Waals surface area contributed by atoms with E-state index in [1.807, 2.05) is 25.1 Å². The maximum Gasteiger partial charge on any atom is 0.243 e. The molecule has 0 aromatic heterocycles. The first-order valence-corrected chi connectivity index (χ1v) is 13.4. The highest BCUT2D eigenvalue weighted by atomic mass is 35.5. The maximum atomic E-state index is 12.9. The van der Waals surface area contributed by atoms with Gasteiger partial charge < -0.3 is 14.8 Å². The van der Waals surface area contributed by atoms with Crippen LogP contribution in [0.5, 0.6) is 11.5 Å². The molecule has 192 valence electrons. The number of rotatable bonds is 7. The summed E-state index contributed by atoms with van der Waals surface area (Å²) in [5.41, 5.74) is 3.15. The van der Waals surface area contributed by atoms with Crippen LogP contribution in [0, 0.1) is 25.2 Å². The van der Waals surface area contributed by atoms with Crippen molar-refractivity contribution in [2.24, 2.45) is 0 Å². The van der Waals surface area contributed by atoms with Crippen LogP contribution in [0.1, 0.15) is 22.3 Å². The molecule has 0 radical (unpaired) electrons. The number of nitrogens with zero attached hydrogens (tertiary/aromatic N) is 2. The zero-order chi connectivity index (χ0) is 26.6. The molecule has 10 heteroatoms. The lowest BCUT2D eigenvalue weighted by Gasteiger charge is -2.26. The number of anilines is 1. The summed E-state index contributed by atoms with van der Waals surface area (Å²) in [6.07, 6.45) is 0.0862. The number of amides is 1. The summed E-state index contributed by atoms with van der Waals surface area (Å²) >= 11 is 6.07. The van der Waals surface area contributed by atoms with Crippen molar-refractivity contribution >= 4 is 33.2 Å². The van der Waals surface area contributed by atoms with Gasteiger partial charge in [-0.15, -0.1) is 0 Å². The second-order valence-electron chi connectivity index (χ2n) is 8.71. The first-order chi connectivity index (χ1) is 17.7. The Bertz CT molecular complexity index is 1480. The zero-order valence-corrected chi connectivity index (χ0v) is 22.0. The van der Waals surface area contributed by atoms with Gasteiger partial charge in [0.2, 0.25) is 15.9 Å². The molecule has 1 fully saturated rings. The molecule has 3 aromatic rings. The van der Waals surface area contributed by atoms with E-state index >= 15 is 0 Å². The third-order valence-corrected chi connectivity index (χ3v) is 8.04. The molecule has 0 saturated carbocycles. The average Bonchev–Trinajstić information content (AvgIpc) is 2.87. The molecule has 0 unspecified atom stereocenters. The molecule has 1 N–H and O–H groups in total. The van der Waals surface area contributed by atoms with Crippen molar-refractivity contribution in [3.63, 3.8) is 0 Å². The lowest BCUT2D eigenvalue weighted by atomic mass is 10.1. The van der Waals surface area contributed by atoms with Crippen molar-refractivity contribution in [1.29, 1.82) is 5.26 Å². The third-order valence-electron chi connectivity index (χ3n) is 5.93. The molecule has 0 bridgehead atoms. The van der Waals surface area contributed by atoms with Crippen molar-refractivity contribution in [1.82, 2.24) is 4.31 Å². The van der Waals surface area contributed by atoms with Gasteiger partial charge in [0.05, 0.1) is 36.2 Å². The molecule has 8 nitrogen and oxygen atoms in total. The number of hydrogen-bond acceptors (Lipinski definition) is 6. The molecule has 1 heterocycles. The highest BCUT2D eigenvalue weighted by Crippen LogP contribution is 2.30. The van der Waals surface area contributed by atoms with E-state index in [9.17, 15) is 13.2 Å². The smallest absolute Gasteiger partial charge is 0.243 e. The van der Waals surface area contributed by atoms with Crippen molar-refractivity contribution in [2.45, 2.75) is 25.2 Å². The van der Waals surface area contributed by atoms with Gasteiger partial charge in [-0.25, -0.2) is 8.42 Å². The molecule has 37 heavy (non-hydrogen) atoms. The van der Waals surface area contributed by atoms with Crippen LogP contribution in [-0.4, -0.2) is 44.9 Å². The number of hydrogen-bond donors (Lipinski definition) is 1. The maximum absolute atomic E-state index is 12.9. The Morgan fingerprint density at radius 1 is 1.08 bits per heavy atom. The molecule has 1 aliphatic heterocycles. The van der Waals surface area contributed by atoms with Crippen LogP contribution >= 0.6 is 11.6 Å². The van der Waals surface area contributed by atoms with Gasteiger partial charge in [0.15, 0.2) is 0 Å². The molecule has 0 aliphatic carbocycles. The Morgan fingerprint density at radius 2 is 1.84 bits per heavy atom. The van der Waals surface area contributed by atoms with Gasteiger partial charge in [-0.3, -0.25) is 4.79 Å². The first kappa shape index (κ1) is 26.6. The van der Waals surface area contributed by atoms with E-state index in [-0.39, 0.29) is 17.2 Å². The van der Waals surface area contributed by atoms with Gasteiger partial charge in [-0.2, -0.15) is 9.57 Å². The SMILES string of the molecule is Cc1cc(S(=O)(=O)N2CCOCC2)ccc1NC(=O)Cc1ccc(C)c(Oc2cc(Cl)cc(C#N)c2)c1. The zero-order valence-electron chi connectivity index (χ0n) is 20.5. The number of nitrogens with one attached hydrogen (secondary N) is 1. The molecule has 3 aromatic carbocycles. The van der Waals surface area contributed by atoms with Gasteiger partial charge in [-0.1, -0.05) is 23.7 Å². The van der Waals surface area contributed by atoms with E-state index < -0.39 is 10.0 Å². The quantitative estimate of drug-likeness (QED) is 0.461. The van der Waals surface area contributed by atoms with E-state index in [1.165, 1.54) is 10.4 Å². The second-order valence-corrected chi connectivity index (χ2v) is 11.1. The molecule has 0 spiro atoms. The van der Waals surface area contributed by atoms with E-state index in [4.69, 9.17) is 26.3 Å². The molecule has 1 aliphatic rings. The van der Waals surface area contributed by atoms with Crippen LogP contribution in [0.15, 0.2) is 59.5 Å². The van der Waals surface area contributed by atoms with Crippen LogP contribution in [0.25, 0.3) is 0 Å². The Kier molecular flexibility index (Phi) is 8.15. The summed E-state index contributed by atoms with van der Waals surface area (Å²) in [6, 6.07) is 16.9. The van der Waals surface area contributed by atoms with Crippen LogP contribution in [0.3, 0.4) is 0 Å². The molecule has 4 rings (SSSR count). The number of sulfonamides is 1.